The summed E-state index contributed by atoms with van der Waals surface area (Å²) in [6.07, 6.45) is -2.69. The van der Waals surface area contributed by atoms with Crippen molar-refractivity contribution in [3.8, 4) is 0 Å². The molecule has 8 nitrogen and oxygen atoms in total. The summed E-state index contributed by atoms with van der Waals surface area (Å²) >= 11 is 2.20. The molecule has 2 unspecified atom stereocenters. The monoisotopic (exact) mass is 504 g/mol. The van der Waals surface area contributed by atoms with Crippen LogP contribution in [-0.2, 0) is 32.5 Å². The fourth-order valence-corrected chi connectivity index (χ4v) is 5.58. The lowest BCUT2D eigenvalue weighted by atomic mass is 9.98. The number of carbonyl (C=O) groups is 2. The van der Waals surface area contributed by atoms with Crippen LogP contribution in [0.4, 0.5) is 4.39 Å². The molecule has 0 saturated carbocycles. The lowest BCUT2D eigenvalue weighted by molar-refractivity contribution is -0.160. The topological polar surface area (TPSA) is 108 Å². The van der Waals surface area contributed by atoms with Gasteiger partial charge in [0.2, 0.25) is 6.79 Å². The second-order valence-electron chi connectivity index (χ2n) is 9.21. The molecule has 1 fully saturated rings. The molecule has 0 aromatic carbocycles. The maximum absolute atomic E-state index is 13.9. The summed E-state index contributed by atoms with van der Waals surface area (Å²) in [6, 6.07) is 0. The summed E-state index contributed by atoms with van der Waals surface area (Å²) in [7, 11) is -4.20. The van der Waals surface area contributed by atoms with Crippen LogP contribution in [0.25, 0.3) is 0 Å². The first-order chi connectivity index (χ1) is 14.1. The summed E-state index contributed by atoms with van der Waals surface area (Å²) in [5.74, 6) is -0.361. The number of alkyl halides is 1. The van der Waals surface area contributed by atoms with E-state index in [0.29, 0.717) is 0 Å². The van der Waals surface area contributed by atoms with Gasteiger partial charge in [-0.1, -0.05) is 39.5 Å². The van der Waals surface area contributed by atoms with E-state index in [1.165, 1.54) is 11.8 Å². The van der Waals surface area contributed by atoms with Gasteiger partial charge < -0.3 is 9.84 Å². The van der Waals surface area contributed by atoms with Crippen molar-refractivity contribution in [1.82, 2.24) is 0 Å². The number of aliphatic hydroxyl groups is 1. The Morgan fingerprint density at radius 1 is 1.10 bits per heavy atom. The highest BCUT2D eigenvalue weighted by Gasteiger charge is 2.43. The highest BCUT2D eigenvalue weighted by atomic mass is 32.2. The molecule has 31 heavy (non-hydrogen) atoms. The molecule has 0 radical (unpaired) electrons. The maximum atomic E-state index is 13.9. The molecule has 1 aliphatic heterocycles. The minimum atomic E-state index is -4.20. The fourth-order valence-electron chi connectivity index (χ4n) is 2.19. The van der Waals surface area contributed by atoms with Gasteiger partial charge in [0.15, 0.2) is 5.12 Å². The summed E-state index contributed by atoms with van der Waals surface area (Å²) in [4.78, 5) is 23.8. The van der Waals surface area contributed by atoms with E-state index in [0.717, 1.165) is 11.8 Å². The van der Waals surface area contributed by atoms with Gasteiger partial charge in [0.25, 0.3) is 0 Å². The van der Waals surface area contributed by atoms with E-state index in [-0.39, 0.29) is 24.1 Å². The number of halogens is 1. The summed E-state index contributed by atoms with van der Waals surface area (Å²) in [5, 5.41) is 8.82. The Labute approximate surface area is 192 Å². The largest absolute Gasteiger partial charge is 0.477 e. The van der Waals surface area contributed by atoms with E-state index < -0.39 is 54.2 Å². The van der Waals surface area contributed by atoms with E-state index in [1.807, 2.05) is 0 Å². The number of hydrogen-bond acceptors (Lipinski definition) is 10. The Morgan fingerprint density at radius 2 is 1.71 bits per heavy atom. The number of thioether (sulfide) groups is 2. The van der Waals surface area contributed by atoms with Crippen LogP contribution in [0, 0.1) is 10.8 Å². The zero-order valence-corrected chi connectivity index (χ0v) is 21.6. The molecule has 0 amide bonds. The van der Waals surface area contributed by atoms with Gasteiger partial charge in [-0.25, -0.2) is 13.5 Å². The van der Waals surface area contributed by atoms with Gasteiger partial charge in [-0.2, -0.15) is 0 Å². The van der Waals surface area contributed by atoms with Crippen LogP contribution in [0.15, 0.2) is 0 Å². The second kappa shape index (κ2) is 11.8. The van der Waals surface area contributed by atoms with Gasteiger partial charge in [-0.3, -0.25) is 18.6 Å². The van der Waals surface area contributed by atoms with Gasteiger partial charge >= 0.3 is 13.8 Å². The van der Waals surface area contributed by atoms with Crippen molar-refractivity contribution < 1.29 is 42.0 Å². The zero-order valence-electron chi connectivity index (χ0n) is 19.1. The number of phosphoric ester groups is 1. The first-order valence-corrected chi connectivity index (χ1v) is 13.3. The molecular formula is C19H34FO8PS2. The summed E-state index contributed by atoms with van der Waals surface area (Å²) < 4.78 is 47.5. The smallest absolute Gasteiger partial charge is 0.437 e. The van der Waals surface area contributed by atoms with E-state index in [4.69, 9.17) is 18.3 Å². The van der Waals surface area contributed by atoms with Crippen LogP contribution in [0.5, 0.6) is 0 Å². The van der Waals surface area contributed by atoms with Crippen molar-refractivity contribution in [2.75, 3.05) is 25.8 Å². The molecule has 0 bridgehead atoms. The lowest BCUT2D eigenvalue weighted by Gasteiger charge is -2.22. The molecule has 1 heterocycles. The normalized spacial score (nSPS) is 26.5. The van der Waals surface area contributed by atoms with Crippen molar-refractivity contribution in [3.05, 3.63) is 0 Å². The number of rotatable bonds is 10. The Hall–Kier alpha value is -0.160. The van der Waals surface area contributed by atoms with Crippen molar-refractivity contribution in [2.45, 2.75) is 71.2 Å². The molecule has 1 saturated heterocycles. The zero-order chi connectivity index (χ0) is 24.0. The van der Waals surface area contributed by atoms with E-state index in [9.17, 15) is 23.7 Å². The highest BCUT2D eigenvalue weighted by Crippen LogP contribution is 2.51. The fraction of sp³-hybridized carbons (Fsp3) is 0.895. The molecule has 1 N–H and O–H groups in total. The third-order valence-electron chi connectivity index (χ3n) is 4.13. The second-order valence-corrected chi connectivity index (χ2v) is 13.6. The molecule has 1 rings (SSSR count). The Morgan fingerprint density at radius 3 is 2.19 bits per heavy atom. The number of aliphatic hydroxyl groups excluding tert-OH is 1. The minimum absolute atomic E-state index is 0.0553. The van der Waals surface area contributed by atoms with Gasteiger partial charge in [0.05, 0.1) is 23.9 Å². The number of phosphoric acid groups is 1. The van der Waals surface area contributed by atoms with Crippen molar-refractivity contribution in [3.63, 3.8) is 0 Å². The molecular weight excluding hydrogens is 470 g/mol. The van der Waals surface area contributed by atoms with Crippen LogP contribution in [0.2, 0.25) is 0 Å². The Balaban J connectivity index is 2.66. The van der Waals surface area contributed by atoms with E-state index in [1.54, 1.807) is 48.5 Å². The average Bonchev–Trinajstić information content (AvgIpc) is 2.89. The predicted molar refractivity (Wildman–Crippen MR) is 120 cm³/mol. The van der Waals surface area contributed by atoms with E-state index in [2.05, 4.69) is 0 Å². The number of ether oxygens (including phenoxy) is 1. The Bertz CT molecular complexity index is 664. The number of hydrogen-bond donors (Lipinski definition) is 1. The molecule has 0 aromatic rings. The van der Waals surface area contributed by atoms with Crippen molar-refractivity contribution in [2.24, 2.45) is 10.8 Å². The SMILES string of the molecule is C[C@@H]1SC(COP(=O)(OCCSC(=O)C(C)(C)C)OCOC(=O)C(C)(C)C)[C@@H](O)[C@@H]1F. The third kappa shape index (κ3) is 9.70. The van der Waals surface area contributed by atoms with Crippen molar-refractivity contribution >= 4 is 42.4 Å². The molecule has 1 aliphatic rings. The molecule has 0 aliphatic carbocycles. The lowest BCUT2D eigenvalue weighted by Crippen LogP contribution is -2.30. The first kappa shape index (κ1) is 28.9. The first-order valence-electron chi connectivity index (χ1n) is 9.92. The van der Waals surface area contributed by atoms with E-state index >= 15 is 0 Å². The van der Waals surface area contributed by atoms with Gasteiger partial charge in [0.1, 0.15) is 12.3 Å². The predicted octanol–water partition coefficient (Wildman–Crippen LogP) is 4.20. The highest BCUT2D eigenvalue weighted by molar-refractivity contribution is 8.13. The van der Waals surface area contributed by atoms with Gasteiger partial charge in [-0.15, -0.1) is 11.8 Å². The quantitative estimate of drug-likeness (QED) is 0.201. The third-order valence-corrected chi connectivity index (χ3v) is 8.22. The summed E-state index contributed by atoms with van der Waals surface area (Å²) in [6.45, 7) is 10.9. The molecule has 182 valence electrons. The number of carbonyl (C=O) groups excluding carboxylic acids is 2. The van der Waals surface area contributed by atoms with Crippen LogP contribution in [0.3, 0.4) is 0 Å². The van der Waals surface area contributed by atoms with Crippen LogP contribution in [0.1, 0.15) is 48.5 Å². The molecule has 12 heteroatoms. The summed E-state index contributed by atoms with van der Waals surface area (Å²) in [5.41, 5.74) is -1.31. The minimum Gasteiger partial charge on any atom is -0.437 e. The number of esters is 1. The molecule has 5 atom stereocenters. The Kier molecular flexibility index (Phi) is 11.0. The van der Waals surface area contributed by atoms with Gasteiger partial charge in [-0.05, 0) is 20.8 Å². The average molecular weight is 505 g/mol. The van der Waals surface area contributed by atoms with Crippen LogP contribution < -0.4 is 0 Å². The molecule has 0 spiro atoms. The van der Waals surface area contributed by atoms with Crippen LogP contribution >= 0.6 is 31.3 Å². The van der Waals surface area contributed by atoms with Gasteiger partial charge in [0, 0.05) is 16.4 Å². The van der Waals surface area contributed by atoms with Crippen LogP contribution in [-0.4, -0.2) is 64.7 Å². The standard InChI is InChI=1S/C19H34FO8PS2/c1-12-14(20)15(21)13(31-12)10-27-29(24,28-11-25-16(22)18(2,3)4)26-8-9-30-17(23)19(5,6)7/h12-15,21H,8-11H2,1-7H3/t12-,13?,14+,15+,29?/m0/s1. The maximum Gasteiger partial charge on any atom is 0.477 e. The van der Waals surface area contributed by atoms with Crippen molar-refractivity contribution in [1.29, 1.82) is 0 Å². The molecule has 0 aromatic heterocycles.